The molecule has 1 aromatic rings. The molecule has 1 rings (SSSR count). The second-order valence-electron chi connectivity index (χ2n) is 7.10. The van der Waals surface area contributed by atoms with Crippen molar-refractivity contribution in [2.24, 2.45) is 5.73 Å². The molecular formula is C22H27F4NO2. The fourth-order valence-electron chi connectivity index (χ4n) is 2.56. The Balaban J connectivity index is 2.67. The van der Waals surface area contributed by atoms with Crippen molar-refractivity contribution in [2.45, 2.75) is 53.4 Å². The third kappa shape index (κ3) is 7.40. The Morgan fingerprint density at radius 2 is 1.31 bits per heavy atom. The molecule has 0 heterocycles. The number of rotatable bonds is 10. The standard InChI is InChI=1S/C22H27F4NO2/c1-13(2)7-5-8-14(3)9-6-10-15(4)11-12-29-21-19(25)17(23)16(22(27)28)18(24)20(21)26/h7,9,11H,5-6,8,10,12H2,1-4H3,(H2,27,28)/b14-9+,15-11+. The van der Waals surface area contributed by atoms with Crippen LogP contribution in [-0.2, 0) is 0 Å². The van der Waals surface area contributed by atoms with Gasteiger partial charge in [0.25, 0.3) is 5.91 Å². The van der Waals surface area contributed by atoms with Crippen LogP contribution in [0.3, 0.4) is 0 Å². The molecule has 160 valence electrons. The highest BCUT2D eigenvalue weighted by Crippen LogP contribution is 2.30. The number of nitrogens with two attached hydrogens (primary N) is 1. The lowest BCUT2D eigenvalue weighted by Gasteiger charge is -2.11. The van der Waals surface area contributed by atoms with E-state index in [1.165, 1.54) is 11.1 Å². The van der Waals surface area contributed by atoms with E-state index in [1.54, 1.807) is 6.08 Å². The number of allylic oxidation sites excluding steroid dienone is 5. The van der Waals surface area contributed by atoms with Crippen molar-refractivity contribution < 1.29 is 27.1 Å². The van der Waals surface area contributed by atoms with Gasteiger partial charge >= 0.3 is 0 Å². The molecule has 0 atom stereocenters. The number of carbonyl (C=O) groups is 1. The first kappa shape index (κ1) is 24.5. The Morgan fingerprint density at radius 1 is 0.828 bits per heavy atom. The predicted octanol–water partition coefficient (Wildman–Crippen LogP) is 6.14. The largest absolute Gasteiger partial charge is 0.483 e. The van der Waals surface area contributed by atoms with E-state index in [9.17, 15) is 22.4 Å². The number of benzene rings is 1. The summed E-state index contributed by atoms with van der Waals surface area (Å²) in [5.41, 5.74) is 6.73. The Hall–Kier alpha value is -2.57. The van der Waals surface area contributed by atoms with Crippen LogP contribution in [0.5, 0.6) is 5.75 Å². The Morgan fingerprint density at radius 3 is 1.79 bits per heavy atom. The topological polar surface area (TPSA) is 52.3 Å². The molecular weight excluding hydrogens is 386 g/mol. The zero-order valence-electron chi connectivity index (χ0n) is 17.2. The first-order valence-corrected chi connectivity index (χ1v) is 9.29. The summed E-state index contributed by atoms with van der Waals surface area (Å²) in [6, 6.07) is 0. The fraction of sp³-hybridized carbons (Fsp3) is 0.409. The van der Waals surface area contributed by atoms with Crippen molar-refractivity contribution >= 4 is 5.91 Å². The molecule has 0 radical (unpaired) electrons. The molecule has 2 N–H and O–H groups in total. The number of carbonyl (C=O) groups excluding carboxylic acids is 1. The van der Waals surface area contributed by atoms with E-state index in [4.69, 9.17) is 10.5 Å². The smallest absolute Gasteiger partial charge is 0.254 e. The lowest BCUT2D eigenvalue weighted by molar-refractivity contribution is 0.0989. The Bertz CT molecular complexity index is 809. The number of hydrogen-bond donors (Lipinski definition) is 1. The maximum absolute atomic E-state index is 13.9. The van der Waals surface area contributed by atoms with Crippen LogP contribution < -0.4 is 10.5 Å². The maximum atomic E-state index is 13.9. The van der Waals surface area contributed by atoms with Gasteiger partial charge in [0.1, 0.15) is 12.2 Å². The molecule has 0 aliphatic carbocycles. The molecule has 0 saturated carbocycles. The van der Waals surface area contributed by atoms with Crippen molar-refractivity contribution in [3.8, 4) is 5.75 Å². The van der Waals surface area contributed by atoms with Crippen LogP contribution in [0.25, 0.3) is 0 Å². The summed E-state index contributed by atoms with van der Waals surface area (Å²) in [7, 11) is 0. The van der Waals surface area contributed by atoms with Crippen LogP contribution in [-0.4, -0.2) is 12.5 Å². The monoisotopic (exact) mass is 413 g/mol. The second kappa shape index (κ2) is 11.4. The van der Waals surface area contributed by atoms with Gasteiger partial charge in [-0.1, -0.05) is 28.9 Å². The van der Waals surface area contributed by atoms with Gasteiger partial charge in [-0.2, -0.15) is 8.78 Å². The number of amides is 1. The van der Waals surface area contributed by atoms with Crippen molar-refractivity contribution in [3.05, 3.63) is 63.8 Å². The number of ether oxygens (including phenoxy) is 1. The Labute approximate surface area is 168 Å². The van der Waals surface area contributed by atoms with Crippen LogP contribution in [0, 0.1) is 23.3 Å². The van der Waals surface area contributed by atoms with Gasteiger partial charge in [0.15, 0.2) is 17.4 Å². The molecule has 0 aromatic heterocycles. The van der Waals surface area contributed by atoms with Gasteiger partial charge in [-0.15, -0.1) is 0 Å². The summed E-state index contributed by atoms with van der Waals surface area (Å²) in [5.74, 6) is -10.2. The molecule has 7 heteroatoms. The third-order valence-corrected chi connectivity index (χ3v) is 4.25. The van der Waals surface area contributed by atoms with Gasteiger partial charge in [0.05, 0.1) is 0 Å². The average Bonchev–Trinajstić information content (AvgIpc) is 2.62. The number of hydrogen-bond acceptors (Lipinski definition) is 2. The van der Waals surface area contributed by atoms with Crippen molar-refractivity contribution in [2.75, 3.05) is 6.61 Å². The maximum Gasteiger partial charge on any atom is 0.254 e. The van der Waals surface area contributed by atoms with E-state index < -0.39 is 40.5 Å². The predicted molar refractivity (Wildman–Crippen MR) is 106 cm³/mol. The van der Waals surface area contributed by atoms with Gasteiger partial charge in [0, 0.05) is 0 Å². The van der Waals surface area contributed by atoms with Crippen molar-refractivity contribution in [3.63, 3.8) is 0 Å². The summed E-state index contributed by atoms with van der Waals surface area (Å²) in [6.07, 6.45) is 9.35. The molecule has 0 unspecified atom stereocenters. The molecule has 0 fully saturated rings. The molecule has 0 aliphatic rings. The highest BCUT2D eigenvalue weighted by Gasteiger charge is 2.29. The van der Waals surface area contributed by atoms with Gasteiger partial charge in [-0.3, -0.25) is 4.79 Å². The SMILES string of the molecule is CC(C)=CCC/C(C)=C/CC/C(C)=C/COc1c(F)c(F)c(C(N)=O)c(F)c1F. The van der Waals surface area contributed by atoms with Crippen LogP contribution in [0.2, 0.25) is 0 Å². The number of halogens is 4. The minimum absolute atomic E-state index is 0.280. The molecule has 0 bridgehead atoms. The molecule has 1 aromatic carbocycles. The molecule has 0 spiro atoms. The normalized spacial score (nSPS) is 12.1. The highest BCUT2D eigenvalue weighted by molar-refractivity contribution is 5.93. The zero-order valence-corrected chi connectivity index (χ0v) is 17.2. The van der Waals surface area contributed by atoms with Gasteiger partial charge in [-0.25, -0.2) is 8.78 Å². The summed E-state index contributed by atoms with van der Waals surface area (Å²) in [4.78, 5) is 10.9. The van der Waals surface area contributed by atoms with E-state index >= 15 is 0 Å². The fourth-order valence-corrected chi connectivity index (χ4v) is 2.56. The third-order valence-electron chi connectivity index (χ3n) is 4.25. The molecule has 0 aliphatic heterocycles. The molecule has 29 heavy (non-hydrogen) atoms. The zero-order chi connectivity index (χ0) is 22.1. The van der Waals surface area contributed by atoms with Crippen LogP contribution >= 0.6 is 0 Å². The van der Waals surface area contributed by atoms with Crippen LogP contribution in [0.15, 0.2) is 34.9 Å². The first-order valence-electron chi connectivity index (χ1n) is 9.29. The Kier molecular flexibility index (Phi) is 9.65. The summed E-state index contributed by atoms with van der Waals surface area (Å²) >= 11 is 0. The van der Waals surface area contributed by atoms with E-state index in [0.29, 0.717) is 6.42 Å². The molecule has 0 saturated heterocycles. The minimum atomic E-state index is -1.87. The van der Waals surface area contributed by atoms with E-state index in [-0.39, 0.29) is 6.61 Å². The van der Waals surface area contributed by atoms with E-state index in [1.807, 2.05) is 6.92 Å². The van der Waals surface area contributed by atoms with Crippen molar-refractivity contribution in [1.29, 1.82) is 0 Å². The summed E-state index contributed by atoms with van der Waals surface area (Å²) < 4.78 is 60.1. The second-order valence-corrected chi connectivity index (χ2v) is 7.10. The lowest BCUT2D eigenvalue weighted by Crippen LogP contribution is -2.19. The van der Waals surface area contributed by atoms with E-state index in [0.717, 1.165) is 24.8 Å². The lowest BCUT2D eigenvalue weighted by atomic mass is 10.1. The quantitative estimate of drug-likeness (QED) is 0.285. The molecule has 1 amide bonds. The summed E-state index contributed by atoms with van der Waals surface area (Å²) in [6.45, 7) is 7.71. The van der Waals surface area contributed by atoms with Gasteiger partial charge in [-0.05, 0) is 59.5 Å². The average molecular weight is 413 g/mol. The van der Waals surface area contributed by atoms with Crippen LogP contribution in [0.1, 0.15) is 63.7 Å². The van der Waals surface area contributed by atoms with Gasteiger partial charge in [0.2, 0.25) is 11.6 Å². The summed E-state index contributed by atoms with van der Waals surface area (Å²) in [5, 5.41) is 0. The van der Waals surface area contributed by atoms with E-state index in [2.05, 4.69) is 32.9 Å². The van der Waals surface area contributed by atoms with Gasteiger partial charge < -0.3 is 10.5 Å². The van der Waals surface area contributed by atoms with Crippen LogP contribution in [0.4, 0.5) is 17.6 Å². The number of primary amides is 1. The minimum Gasteiger partial charge on any atom is -0.483 e. The van der Waals surface area contributed by atoms with Crippen molar-refractivity contribution in [1.82, 2.24) is 0 Å². The molecule has 3 nitrogen and oxygen atoms in total. The first-order chi connectivity index (χ1) is 13.6. The highest BCUT2D eigenvalue weighted by atomic mass is 19.2.